The van der Waals surface area contributed by atoms with Gasteiger partial charge in [-0.3, -0.25) is 4.79 Å². The molecule has 0 aliphatic rings. The van der Waals surface area contributed by atoms with Crippen LogP contribution in [0.3, 0.4) is 0 Å². The van der Waals surface area contributed by atoms with Gasteiger partial charge in [0.2, 0.25) is 5.91 Å². The highest BCUT2D eigenvalue weighted by atomic mass is 32.1. The lowest BCUT2D eigenvalue weighted by molar-refractivity contribution is -0.121. The number of aromatic nitrogens is 1. The van der Waals surface area contributed by atoms with Crippen LogP contribution in [0.15, 0.2) is 29.6 Å². The molecule has 0 aliphatic carbocycles. The number of hydrogen-bond acceptors (Lipinski definition) is 4. The average Bonchev–Trinajstić information content (AvgIpc) is 2.95. The number of amides is 1. The van der Waals surface area contributed by atoms with Crippen LogP contribution in [0.5, 0.6) is 0 Å². The lowest BCUT2D eigenvalue weighted by atomic mass is 10.2. The van der Waals surface area contributed by atoms with E-state index in [1.54, 1.807) is 19.2 Å². The Morgan fingerprint density at radius 2 is 2.14 bits per heavy atom. The van der Waals surface area contributed by atoms with Crippen LogP contribution in [0.4, 0.5) is 4.39 Å². The van der Waals surface area contributed by atoms with Gasteiger partial charge in [-0.1, -0.05) is 0 Å². The highest BCUT2D eigenvalue weighted by Crippen LogP contribution is 2.22. The zero-order valence-corrected chi connectivity index (χ0v) is 12.6. The molecule has 0 bridgehead atoms. The number of nitrogens with zero attached hydrogens (tertiary/aromatic N) is 1. The summed E-state index contributed by atoms with van der Waals surface area (Å²) in [6, 6.07) is 6.23. The molecule has 0 fully saturated rings. The number of rotatable bonds is 7. The van der Waals surface area contributed by atoms with Crippen LogP contribution < -0.4 is 5.32 Å². The number of methoxy groups -OCH3 is 1. The van der Waals surface area contributed by atoms with Crippen molar-refractivity contribution < 1.29 is 13.9 Å². The van der Waals surface area contributed by atoms with E-state index in [9.17, 15) is 9.18 Å². The Labute approximate surface area is 127 Å². The minimum atomic E-state index is -0.262. The van der Waals surface area contributed by atoms with Crippen molar-refractivity contribution >= 4 is 17.2 Å². The van der Waals surface area contributed by atoms with Crippen LogP contribution in [0.1, 0.15) is 11.4 Å². The molecule has 4 nitrogen and oxygen atoms in total. The maximum Gasteiger partial charge on any atom is 0.220 e. The van der Waals surface area contributed by atoms with Crippen molar-refractivity contribution in [2.75, 3.05) is 20.3 Å². The first-order valence-corrected chi connectivity index (χ1v) is 7.53. The number of benzene rings is 1. The summed E-state index contributed by atoms with van der Waals surface area (Å²) in [5, 5.41) is 5.59. The third-order valence-corrected chi connectivity index (χ3v) is 3.79. The van der Waals surface area contributed by atoms with E-state index in [0.717, 1.165) is 16.3 Å². The molecular formula is C15H17FN2O2S. The number of carbonyl (C=O) groups is 1. The molecule has 0 atom stereocenters. The molecule has 21 heavy (non-hydrogen) atoms. The number of carbonyl (C=O) groups excluding carboxylic acids is 1. The SMILES string of the molecule is COCCNC(=O)CCc1nc(-c2ccc(F)cc2)cs1. The van der Waals surface area contributed by atoms with E-state index in [2.05, 4.69) is 10.3 Å². The van der Waals surface area contributed by atoms with Gasteiger partial charge in [-0.25, -0.2) is 9.37 Å². The highest BCUT2D eigenvalue weighted by molar-refractivity contribution is 7.09. The quantitative estimate of drug-likeness (QED) is 0.800. The van der Waals surface area contributed by atoms with Gasteiger partial charge in [0.15, 0.2) is 0 Å². The van der Waals surface area contributed by atoms with Gasteiger partial charge in [-0.15, -0.1) is 11.3 Å². The second kappa shape index (κ2) is 7.85. The molecule has 1 amide bonds. The van der Waals surface area contributed by atoms with E-state index >= 15 is 0 Å². The number of nitrogens with one attached hydrogen (secondary N) is 1. The molecule has 0 aliphatic heterocycles. The molecule has 2 rings (SSSR count). The third-order valence-electron chi connectivity index (χ3n) is 2.89. The summed E-state index contributed by atoms with van der Waals surface area (Å²) in [6.07, 6.45) is 1.00. The lowest BCUT2D eigenvalue weighted by Crippen LogP contribution is -2.27. The fourth-order valence-corrected chi connectivity index (χ4v) is 2.59. The summed E-state index contributed by atoms with van der Waals surface area (Å²) in [6.45, 7) is 1.03. The Kier molecular flexibility index (Phi) is 5.83. The lowest BCUT2D eigenvalue weighted by Gasteiger charge is -2.02. The van der Waals surface area contributed by atoms with E-state index in [0.29, 0.717) is 26.0 Å². The van der Waals surface area contributed by atoms with Crippen LogP contribution in [0, 0.1) is 5.82 Å². The molecule has 0 saturated heterocycles. The minimum Gasteiger partial charge on any atom is -0.383 e. The van der Waals surface area contributed by atoms with Gasteiger partial charge in [-0.2, -0.15) is 0 Å². The standard InChI is InChI=1S/C15H17FN2O2S/c1-20-9-8-17-14(19)6-7-15-18-13(10-21-15)11-2-4-12(16)5-3-11/h2-5,10H,6-9H2,1H3,(H,17,19). The number of ether oxygens (including phenoxy) is 1. The summed E-state index contributed by atoms with van der Waals surface area (Å²) in [5.74, 6) is -0.271. The summed E-state index contributed by atoms with van der Waals surface area (Å²) < 4.78 is 17.7. The average molecular weight is 308 g/mol. The number of halogens is 1. The third kappa shape index (κ3) is 4.91. The van der Waals surface area contributed by atoms with Crippen LogP contribution in [0.2, 0.25) is 0 Å². The summed E-state index contributed by atoms with van der Waals surface area (Å²) >= 11 is 1.51. The molecule has 0 radical (unpaired) electrons. The molecule has 0 unspecified atom stereocenters. The highest BCUT2D eigenvalue weighted by Gasteiger charge is 2.07. The van der Waals surface area contributed by atoms with E-state index in [-0.39, 0.29) is 11.7 Å². The second-order valence-corrected chi connectivity index (χ2v) is 5.42. The molecule has 1 heterocycles. The van der Waals surface area contributed by atoms with E-state index < -0.39 is 0 Å². The smallest absolute Gasteiger partial charge is 0.220 e. The first-order valence-electron chi connectivity index (χ1n) is 6.65. The Hall–Kier alpha value is -1.79. The van der Waals surface area contributed by atoms with Crippen molar-refractivity contribution in [3.05, 3.63) is 40.5 Å². The second-order valence-electron chi connectivity index (χ2n) is 4.48. The Morgan fingerprint density at radius 1 is 1.38 bits per heavy atom. The molecular weight excluding hydrogens is 291 g/mol. The van der Waals surface area contributed by atoms with Crippen molar-refractivity contribution in [3.8, 4) is 11.3 Å². The van der Waals surface area contributed by atoms with Gasteiger partial charge < -0.3 is 10.1 Å². The van der Waals surface area contributed by atoms with Crippen LogP contribution in [-0.2, 0) is 16.0 Å². The zero-order valence-electron chi connectivity index (χ0n) is 11.8. The van der Waals surface area contributed by atoms with Crippen LogP contribution in [0.25, 0.3) is 11.3 Å². The molecule has 0 spiro atoms. The van der Waals surface area contributed by atoms with Gasteiger partial charge in [0.05, 0.1) is 17.3 Å². The van der Waals surface area contributed by atoms with E-state index in [1.165, 1.54) is 23.5 Å². The molecule has 1 aromatic carbocycles. The maximum absolute atomic E-state index is 12.9. The van der Waals surface area contributed by atoms with Gasteiger partial charge in [0, 0.05) is 37.4 Å². The molecule has 112 valence electrons. The topological polar surface area (TPSA) is 51.2 Å². The molecule has 1 N–H and O–H groups in total. The predicted octanol–water partition coefficient (Wildman–Crippen LogP) is 2.64. The van der Waals surface area contributed by atoms with Crippen molar-refractivity contribution in [3.63, 3.8) is 0 Å². The zero-order chi connectivity index (χ0) is 15.1. The molecule has 1 aromatic heterocycles. The molecule has 0 saturated carbocycles. The number of hydrogen-bond donors (Lipinski definition) is 1. The molecule has 2 aromatic rings. The van der Waals surface area contributed by atoms with Crippen molar-refractivity contribution in [2.24, 2.45) is 0 Å². The number of thiazole rings is 1. The summed E-state index contributed by atoms with van der Waals surface area (Å²) in [5.41, 5.74) is 1.69. The van der Waals surface area contributed by atoms with E-state index in [1.807, 2.05) is 5.38 Å². The first kappa shape index (κ1) is 15.6. The summed E-state index contributed by atoms with van der Waals surface area (Å²) in [7, 11) is 1.60. The maximum atomic E-state index is 12.9. The fourth-order valence-electron chi connectivity index (χ4n) is 1.78. The normalized spacial score (nSPS) is 10.6. The first-order chi connectivity index (χ1) is 10.2. The Bertz CT molecular complexity index is 584. The van der Waals surface area contributed by atoms with Crippen molar-refractivity contribution in [2.45, 2.75) is 12.8 Å². The van der Waals surface area contributed by atoms with Crippen LogP contribution in [-0.4, -0.2) is 31.2 Å². The largest absolute Gasteiger partial charge is 0.383 e. The van der Waals surface area contributed by atoms with Gasteiger partial charge in [0.1, 0.15) is 5.82 Å². The van der Waals surface area contributed by atoms with Gasteiger partial charge >= 0.3 is 0 Å². The van der Waals surface area contributed by atoms with Crippen LogP contribution >= 0.6 is 11.3 Å². The Balaban J connectivity index is 1.86. The monoisotopic (exact) mass is 308 g/mol. The molecule has 6 heteroatoms. The van der Waals surface area contributed by atoms with Crippen molar-refractivity contribution in [1.29, 1.82) is 0 Å². The number of aryl methyl sites for hydroxylation is 1. The summed E-state index contributed by atoms with van der Waals surface area (Å²) in [4.78, 5) is 16.0. The van der Waals surface area contributed by atoms with Gasteiger partial charge in [0.25, 0.3) is 0 Å². The Morgan fingerprint density at radius 3 is 2.86 bits per heavy atom. The minimum absolute atomic E-state index is 0.00872. The fraction of sp³-hybridized carbons (Fsp3) is 0.333. The van der Waals surface area contributed by atoms with Gasteiger partial charge in [-0.05, 0) is 24.3 Å². The van der Waals surface area contributed by atoms with Crippen molar-refractivity contribution in [1.82, 2.24) is 10.3 Å². The van der Waals surface area contributed by atoms with E-state index in [4.69, 9.17) is 4.74 Å². The predicted molar refractivity (Wildman–Crippen MR) is 80.7 cm³/mol.